The number of hydrogen-bond donors (Lipinski definition) is 1. The van der Waals surface area contributed by atoms with Crippen molar-refractivity contribution < 1.29 is 9.90 Å². The highest BCUT2D eigenvalue weighted by Gasteiger charge is 2.57. The second kappa shape index (κ2) is 3.80. The molecular weight excluding hydrogens is 243 g/mol. The third-order valence-corrected chi connectivity index (χ3v) is 6.69. The van der Waals surface area contributed by atoms with E-state index in [2.05, 4.69) is 0 Å². The fourth-order valence-electron chi connectivity index (χ4n) is 1.83. The topological polar surface area (TPSA) is 37.3 Å². The average Bonchev–Trinajstić information content (AvgIpc) is 2.40. The third kappa shape index (κ3) is 1.69. The molecule has 0 aromatic heterocycles. The summed E-state index contributed by atoms with van der Waals surface area (Å²) in [5.41, 5.74) is -1.15. The number of halogens is 1. The van der Waals surface area contributed by atoms with E-state index in [1.165, 1.54) is 0 Å². The van der Waals surface area contributed by atoms with E-state index in [-0.39, 0.29) is 5.52 Å². The van der Waals surface area contributed by atoms with Crippen molar-refractivity contribution in [2.75, 3.05) is 6.16 Å². The Labute approximate surface area is 101 Å². The fraction of sp³-hybridized carbons (Fsp3) is 0.417. The molecule has 1 aromatic carbocycles. The lowest BCUT2D eigenvalue weighted by Gasteiger charge is -2.27. The van der Waals surface area contributed by atoms with Crippen molar-refractivity contribution in [3.63, 3.8) is 0 Å². The molecule has 1 fully saturated rings. The maximum absolute atomic E-state index is 12.2. The van der Waals surface area contributed by atoms with Gasteiger partial charge in [0.2, 0.25) is 0 Å². The molecule has 1 saturated heterocycles. The van der Waals surface area contributed by atoms with E-state index < -0.39 is 18.4 Å². The summed E-state index contributed by atoms with van der Waals surface area (Å²) >= 11 is 6.17. The summed E-state index contributed by atoms with van der Waals surface area (Å²) in [7, 11) is -0.998. The van der Waals surface area contributed by atoms with Gasteiger partial charge in [-0.05, 0) is 19.2 Å². The summed E-state index contributed by atoms with van der Waals surface area (Å²) in [5, 5.41) is 11.2. The Bertz CT molecular complexity index is 414. The van der Waals surface area contributed by atoms with Crippen LogP contribution in [-0.2, 0) is 4.79 Å². The van der Waals surface area contributed by atoms with Crippen LogP contribution >= 0.6 is 19.5 Å². The summed E-state index contributed by atoms with van der Waals surface area (Å²) < 4.78 is 0. The first-order valence-corrected chi connectivity index (χ1v) is 7.05. The number of aliphatic hydroxyl groups is 1. The number of alkyl halides is 1. The standard InChI is InChI=1S/C12H14ClO2P/c1-11(15)8-16(10(14)12(11,2)13)9-6-4-3-5-7-9/h3-7,15H,8H2,1-2H3. The molecule has 1 heterocycles. The largest absolute Gasteiger partial charge is 0.387 e. The van der Waals surface area contributed by atoms with Crippen LogP contribution in [0, 0.1) is 0 Å². The Morgan fingerprint density at radius 2 is 1.88 bits per heavy atom. The van der Waals surface area contributed by atoms with Crippen LogP contribution in [0.2, 0.25) is 0 Å². The van der Waals surface area contributed by atoms with Gasteiger partial charge >= 0.3 is 0 Å². The molecule has 4 heteroatoms. The molecule has 2 nitrogen and oxygen atoms in total. The van der Waals surface area contributed by atoms with Gasteiger partial charge in [0.1, 0.15) is 4.87 Å². The maximum atomic E-state index is 12.2. The lowest BCUT2D eigenvalue weighted by atomic mass is 9.94. The predicted octanol–water partition coefficient (Wildman–Crippen LogP) is 2.08. The Balaban J connectivity index is 2.39. The van der Waals surface area contributed by atoms with Gasteiger partial charge in [-0.3, -0.25) is 4.79 Å². The molecular formula is C12H14ClO2P. The molecule has 3 unspecified atom stereocenters. The predicted molar refractivity (Wildman–Crippen MR) is 67.8 cm³/mol. The molecule has 86 valence electrons. The molecule has 0 aliphatic carbocycles. The highest BCUT2D eigenvalue weighted by atomic mass is 35.5. The van der Waals surface area contributed by atoms with Crippen LogP contribution in [0.25, 0.3) is 0 Å². The molecule has 2 rings (SSSR count). The summed E-state index contributed by atoms with van der Waals surface area (Å²) in [4.78, 5) is 11.0. The molecule has 1 aromatic rings. The molecule has 0 spiro atoms. The summed E-state index contributed by atoms with van der Waals surface area (Å²) in [6, 6.07) is 9.58. The third-order valence-electron chi connectivity index (χ3n) is 3.19. The number of carbonyl (C=O) groups is 1. The van der Waals surface area contributed by atoms with Gasteiger partial charge in [-0.1, -0.05) is 30.3 Å². The van der Waals surface area contributed by atoms with Crippen LogP contribution in [0.3, 0.4) is 0 Å². The Morgan fingerprint density at radius 1 is 1.31 bits per heavy atom. The van der Waals surface area contributed by atoms with Crippen LogP contribution in [0.5, 0.6) is 0 Å². The van der Waals surface area contributed by atoms with Gasteiger partial charge in [0.25, 0.3) is 0 Å². The van der Waals surface area contributed by atoms with Gasteiger partial charge in [0.05, 0.1) is 5.60 Å². The number of hydrogen-bond acceptors (Lipinski definition) is 2. The minimum absolute atomic E-state index is 0.0274. The first-order chi connectivity index (χ1) is 7.36. The Morgan fingerprint density at radius 3 is 2.31 bits per heavy atom. The Hall–Kier alpha value is -0.430. The second-order valence-electron chi connectivity index (χ2n) is 4.50. The maximum Gasteiger partial charge on any atom is 0.182 e. The molecule has 1 aliphatic heterocycles. The SMILES string of the molecule is CC1(O)CP(c2ccccc2)C(=O)C1(C)Cl. The van der Waals surface area contributed by atoms with Crippen LogP contribution in [-0.4, -0.2) is 27.3 Å². The smallest absolute Gasteiger partial charge is 0.182 e. The molecule has 0 radical (unpaired) electrons. The summed E-state index contributed by atoms with van der Waals surface area (Å²) in [6.45, 7) is 3.26. The van der Waals surface area contributed by atoms with E-state index in [0.29, 0.717) is 6.16 Å². The van der Waals surface area contributed by atoms with Crippen molar-refractivity contribution in [1.29, 1.82) is 0 Å². The van der Waals surface area contributed by atoms with E-state index in [4.69, 9.17) is 11.6 Å². The van der Waals surface area contributed by atoms with Crippen LogP contribution < -0.4 is 5.30 Å². The van der Waals surface area contributed by atoms with E-state index in [1.54, 1.807) is 13.8 Å². The minimum atomic E-state index is -1.16. The lowest BCUT2D eigenvalue weighted by Crippen LogP contribution is -2.46. The lowest BCUT2D eigenvalue weighted by molar-refractivity contribution is -0.116. The average molecular weight is 257 g/mol. The van der Waals surface area contributed by atoms with Crippen molar-refractivity contribution >= 4 is 30.4 Å². The quantitative estimate of drug-likeness (QED) is 0.617. The fourth-order valence-corrected chi connectivity index (χ4v) is 5.07. The van der Waals surface area contributed by atoms with Crippen molar-refractivity contribution in [3.8, 4) is 0 Å². The highest BCUT2D eigenvalue weighted by molar-refractivity contribution is 7.82. The zero-order valence-electron chi connectivity index (χ0n) is 9.27. The monoisotopic (exact) mass is 256 g/mol. The molecule has 1 N–H and O–H groups in total. The highest BCUT2D eigenvalue weighted by Crippen LogP contribution is 2.55. The zero-order valence-corrected chi connectivity index (χ0v) is 10.9. The zero-order chi connectivity index (χ0) is 12.0. The second-order valence-corrected chi connectivity index (χ2v) is 7.35. The molecule has 0 bridgehead atoms. The van der Waals surface area contributed by atoms with Gasteiger partial charge in [-0.25, -0.2) is 0 Å². The van der Waals surface area contributed by atoms with Gasteiger partial charge < -0.3 is 5.11 Å². The van der Waals surface area contributed by atoms with Crippen molar-refractivity contribution in [3.05, 3.63) is 30.3 Å². The normalized spacial score (nSPS) is 39.0. The van der Waals surface area contributed by atoms with Gasteiger partial charge in [0.15, 0.2) is 5.52 Å². The first-order valence-electron chi connectivity index (χ1n) is 5.14. The molecule has 0 saturated carbocycles. The number of carbonyl (C=O) groups excluding carboxylic acids is 1. The van der Waals surface area contributed by atoms with E-state index in [9.17, 15) is 9.90 Å². The van der Waals surface area contributed by atoms with E-state index in [1.807, 2.05) is 30.3 Å². The molecule has 3 atom stereocenters. The van der Waals surface area contributed by atoms with Crippen molar-refractivity contribution in [2.45, 2.75) is 24.3 Å². The van der Waals surface area contributed by atoms with Gasteiger partial charge in [0, 0.05) is 14.1 Å². The summed E-state index contributed by atoms with van der Waals surface area (Å²) in [6.07, 6.45) is 0.450. The van der Waals surface area contributed by atoms with E-state index in [0.717, 1.165) is 5.30 Å². The Kier molecular flexibility index (Phi) is 2.86. The van der Waals surface area contributed by atoms with Crippen LogP contribution in [0.4, 0.5) is 0 Å². The number of rotatable bonds is 1. The molecule has 1 aliphatic rings. The summed E-state index contributed by atoms with van der Waals surface area (Å²) in [5.74, 6) is 0. The van der Waals surface area contributed by atoms with Gasteiger partial charge in [-0.2, -0.15) is 0 Å². The minimum Gasteiger partial charge on any atom is -0.387 e. The van der Waals surface area contributed by atoms with Crippen molar-refractivity contribution in [2.24, 2.45) is 0 Å². The molecule has 0 amide bonds. The van der Waals surface area contributed by atoms with Crippen molar-refractivity contribution in [1.82, 2.24) is 0 Å². The van der Waals surface area contributed by atoms with E-state index >= 15 is 0 Å². The first kappa shape index (κ1) is 12.0. The number of benzene rings is 1. The molecule has 16 heavy (non-hydrogen) atoms. The van der Waals surface area contributed by atoms with Crippen LogP contribution in [0.15, 0.2) is 30.3 Å². The van der Waals surface area contributed by atoms with Crippen LogP contribution in [0.1, 0.15) is 13.8 Å². The van der Waals surface area contributed by atoms with Gasteiger partial charge in [-0.15, -0.1) is 11.6 Å².